The minimum atomic E-state index is -0.639. The molecule has 0 bridgehead atoms. The fourth-order valence-electron chi connectivity index (χ4n) is 1.97. The molecule has 0 spiro atoms. The Kier molecular flexibility index (Phi) is 5.08. The Morgan fingerprint density at radius 2 is 2.08 bits per heavy atom. The number of fused-ring (bicyclic) bond motifs is 1. The summed E-state index contributed by atoms with van der Waals surface area (Å²) < 4.78 is 15.9. The molecule has 24 heavy (non-hydrogen) atoms. The van der Waals surface area contributed by atoms with E-state index in [1.165, 1.54) is 12.2 Å². The molecule has 0 unspecified atom stereocenters. The molecule has 1 aromatic heterocycles. The summed E-state index contributed by atoms with van der Waals surface area (Å²) in [4.78, 5) is 24.0. The van der Waals surface area contributed by atoms with Gasteiger partial charge in [0, 0.05) is 6.08 Å². The van der Waals surface area contributed by atoms with Gasteiger partial charge in [0.1, 0.15) is 0 Å². The number of Topliss-reactive ketones (excluding diaryl/α,β-unsaturated/α-hetero) is 1. The van der Waals surface area contributed by atoms with Crippen LogP contribution in [0.4, 0.5) is 0 Å². The summed E-state index contributed by atoms with van der Waals surface area (Å²) in [6, 6.07) is 6.53. The van der Waals surface area contributed by atoms with E-state index in [0.29, 0.717) is 31.3 Å². The topological polar surface area (TPSA) is 61.8 Å². The molecule has 0 atom stereocenters. The number of carbonyl (C=O) groups is 2. The molecule has 0 radical (unpaired) electrons. The summed E-state index contributed by atoms with van der Waals surface area (Å²) >= 11 is 12.9. The van der Waals surface area contributed by atoms with Crippen LogP contribution in [0.25, 0.3) is 6.08 Å². The monoisotopic (exact) mass is 384 g/mol. The molecule has 0 N–H and O–H groups in total. The second-order valence-electron chi connectivity index (χ2n) is 4.70. The summed E-state index contributed by atoms with van der Waals surface area (Å²) in [5.74, 6) is 0.0523. The van der Waals surface area contributed by atoms with Crippen LogP contribution in [0.5, 0.6) is 11.5 Å². The maximum Gasteiger partial charge on any atom is 0.331 e. The molecule has 1 aromatic carbocycles. The molecule has 0 amide bonds. The quantitative estimate of drug-likeness (QED) is 0.438. The first-order valence-electron chi connectivity index (χ1n) is 6.75. The number of thiophene rings is 1. The molecule has 0 saturated heterocycles. The van der Waals surface area contributed by atoms with Crippen LogP contribution in [0.3, 0.4) is 0 Å². The second kappa shape index (κ2) is 7.25. The van der Waals surface area contributed by atoms with Crippen molar-refractivity contribution in [3.8, 4) is 11.5 Å². The normalized spacial score (nSPS) is 12.6. The molecule has 124 valence electrons. The van der Waals surface area contributed by atoms with Crippen molar-refractivity contribution in [3.63, 3.8) is 0 Å². The first-order valence-corrected chi connectivity index (χ1v) is 8.32. The SMILES string of the molecule is O=C(/C=C/c1cc(Cl)c2c(c1)OCO2)OCC(=O)c1ccc(Cl)s1. The summed E-state index contributed by atoms with van der Waals surface area (Å²) in [5.41, 5.74) is 0.651. The zero-order valence-corrected chi connectivity index (χ0v) is 14.4. The zero-order valence-electron chi connectivity index (χ0n) is 12.1. The second-order valence-corrected chi connectivity index (χ2v) is 6.83. The van der Waals surface area contributed by atoms with E-state index in [1.54, 1.807) is 24.3 Å². The molecule has 3 rings (SSSR count). The lowest BCUT2D eigenvalue weighted by atomic mass is 10.2. The molecule has 1 aliphatic rings. The summed E-state index contributed by atoms with van der Waals surface area (Å²) in [7, 11) is 0. The summed E-state index contributed by atoms with van der Waals surface area (Å²) in [6.07, 6.45) is 2.73. The number of benzene rings is 1. The maximum absolute atomic E-state index is 11.8. The Morgan fingerprint density at radius 3 is 2.83 bits per heavy atom. The molecular formula is C16H10Cl2O5S. The Labute approximate surface area is 151 Å². The average molecular weight is 385 g/mol. The van der Waals surface area contributed by atoms with Gasteiger partial charge in [0.2, 0.25) is 12.6 Å². The standard InChI is InChI=1S/C16H10Cl2O5S/c17-10-5-9(6-12-16(10)23-8-22-12)1-4-15(20)21-7-11(19)13-2-3-14(18)24-13/h1-6H,7-8H2/b4-1+. The van der Waals surface area contributed by atoms with Gasteiger partial charge in [-0.15, -0.1) is 11.3 Å². The summed E-state index contributed by atoms with van der Waals surface area (Å²) in [6.45, 7) is -0.235. The van der Waals surface area contributed by atoms with Crippen molar-refractivity contribution in [3.05, 3.63) is 50.1 Å². The first-order chi connectivity index (χ1) is 11.5. The van der Waals surface area contributed by atoms with Gasteiger partial charge < -0.3 is 14.2 Å². The van der Waals surface area contributed by atoms with Crippen LogP contribution < -0.4 is 9.47 Å². The largest absolute Gasteiger partial charge is 0.454 e. The highest BCUT2D eigenvalue weighted by molar-refractivity contribution is 7.18. The molecule has 5 nitrogen and oxygen atoms in total. The van der Waals surface area contributed by atoms with Crippen molar-refractivity contribution in [1.82, 2.24) is 0 Å². The number of carbonyl (C=O) groups excluding carboxylic acids is 2. The van der Waals surface area contributed by atoms with Gasteiger partial charge in [0.05, 0.1) is 14.2 Å². The van der Waals surface area contributed by atoms with E-state index < -0.39 is 5.97 Å². The first kappa shape index (κ1) is 16.8. The van der Waals surface area contributed by atoms with E-state index in [1.807, 2.05) is 0 Å². The van der Waals surface area contributed by atoms with Crippen LogP contribution in [0.1, 0.15) is 15.2 Å². The predicted molar refractivity (Wildman–Crippen MR) is 91.2 cm³/mol. The molecule has 2 aromatic rings. The highest BCUT2D eigenvalue weighted by atomic mass is 35.5. The van der Waals surface area contributed by atoms with Gasteiger partial charge in [0.25, 0.3) is 0 Å². The van der Waals surface area contributed by atoms with Crippen LogP contribution in [-0.4, -0.2) is 25.2 Å². The molecular weight excluding hydrogens is 375 g/mol. The van der Waals surface area contributed by atoms with Gasteiger partial charge in [-0.1, -0.05) is 23.2 Å². The van der Waals surface area contributed by atoms with Gasteiger partial charge in [-0.2, -0.15) is 0 Å². The summed E-state index contributed by atoms with van der Waals surface area (Å²) in [5, 5.41) is 0.391. The number of hydrogen-bond acceptors (Lipinski definition) is 6. The number of halogens is 2. The van der Waals surface area contributed by atoms with E-state index in [9.17, 15) is 9.59 Å². The van der Waals surface area contributed by atoms with E-state index in [4.69, 9.17) is 37.4 Å². The van der Waals surface area contributed by atoms with Crippen molar-refractivity contribution in [2.75, 3.05) is 13.4 Å². The van der Waals surface area contributed by atoms with Crippen molar-refractivity contribution in [2.45, 2.75) is 0 Å². The van der Waals surface area contributed by atoms with Gasteiger partial charge in [-0.3, -0.25) is 4.79 Å². The van der Waals surface area contributed by atoms with Gasteiger partial charge in [0.15, 0.2) is 18.1 Å². The van der Waals surface area contributed by atoms with Crippen LogP contribution in [0.2, 0.25) is 9.36 Å². The van der Waals surface area contributed by atoms with Crippen LogP contribution in [0, 0.1) is 0 Å². The maximum atomic E-state index is 11.8. The number of hydrogen-bond donors (Lipinski definition) is 0. The molecule has 2 heterocycles. The number of rotatable bonds is 5. The third kappa shape index (κ3) is 3.90. The Bertz CT molecular complexity index is 828. The van der Waals surface area contributed by atoms with Crippen molar-refractivity contribution in [2.24, 2.45) is 0 Å². The van der Waals surface area contributed by atoms with Crippen LogP contribution >= 0.6 is 34.5 Å². The number of esters is 1. The molecule has 0 saturated carbocycles. The van der Waals surface area contributed by atoms with Crippen LogP contribution in [0.15, 0.2) is 30.3 Å². The Morgan fingerprint density at radius 1 is 1.25 bits per heavy atom. The smallest absolute Gasteiger partial charge is 0.331 e. The van der Waals surface area contributed by atoms with E-state index in [0.717, 1.165) is 11.3 Å². The Hall–Kier alpha value is -2.02. The molecule has 0 fully saturated rings. The van der Waals surface area contributed by atoms with Gasteiger partial charge in [-0.05, 0) is 35.9 Å². The van der Waals surface area contributed by atoms with Crippen molar-refractivity contribution < 1.29 is 23.8 Å². The fraction of sp³-hybridized carbons (Fsp3) is 0.125. The predicted octanol–water partition coefficient (Wildman–Crippen LogP) is 4.22. The van der Waals surface area contributed by atoms with Gasteiger partial charge in [-0.25, -0.2) is 4.79 Å². The van der Waals surface area contributed by atoms with Gasteiger partial charge >= 0.3 is 5.97 Å². The van der Waals surface area contributed by atoms with E-state index in [2.05, 4.69) is 0 Å². The van der Waals surface area contributed by atoms with Crippen molar-refractivity contribution >= 4 is 52.4 Å². The highest BCUT2D eigenvalue weighted by Crippen LogP contribution is 2.40. The minimum Gasteiger partial charge on any atom is -0.454 e. The highest BCUT2D eigenvalue weighted by Gasteiger charge is 2.17. The van der Waals surface area contributed by atoms with E-state index in [-0.39, 0.29) is 19.2 Å². The number of ketones is 1. The lowest BCUT2D eigenvalue weighted by Crippen LogP contribution is -2.11. The third-order valence-corrected chi connectivity index (χ3v) is 4.61. The lowest BCUT2D eigenvalue weighted by Gasteiger charge is -2.02. The third-order valence-electron chi connectivity index (χ3n) is 3.05. The fourth-order valence-corrected chi connectivity index (χ4v) is 3.21. The zero-order chi connectivity index (χ0) is 17.1. The Balaban J connectivity index is 1.58. The molecule has 0 aliphatic carbocycles. The van der Waals surface area contributed by atoms with Crippen molar-refractivity contribution in [1.29, 1.82) is 0 Å². The average Bonchev–Trinajstić information content (AvgIpc) is 3.19. The lowest BCUT2D eigenvalue weighted by molar-refractivity contribution is -0.136. The minimum absolute atomic E-state index is 0.110. The van der Waals surface area contributed by atoms with E-state index >= 15 is 0 Å². The molecule has 1 aliphatic heterocycles. The number of ether oxygens (including phenoxy) is 3. The van der Waals surface area contributed by atoms with Crippen LogP contribution in [-0.2, 0) is 9.53 Å². The molecule has 8 heteroatoms.